The molecule has 0 fully saturated rings. The second-order valence-corrected chi connectivity index (χ2v) is 10.7. The summed E-state index contributed by atoms with van der Waals surface area (Å²) in [5.74, 6) is 1.73. The number of hydrogen-bond acceptors (Lipinski definition) is 3. The molecule has 0 bridgehead atoms. The van der Waals surface area contributed by atoms with Gasteiger partial charge in [-0.2, -0.15) is 0 Å². The molecule has 6 N–H and O–H groups in total. The smallest absolute Gasteiger partial charge is 0.0637 e. The van der Waals surface area contributed by atoms with E-state index in [-0.39, 0.29) is 0 Å². The number of aryl methyl sites for hydroxylation is 1. The van der Waals surface area contributed by atoms with Gasteiger partial charge in [0.25, 0.3) is 0 Å². The van der Waals surface area contributed by atoms with E-state index in [1.807, 2.05) is 0 Å². The van der Waals surface area contributed by atoms with Crippen molar-refractivity contribution in [2.24, 2.45) is 17.2 Å². The highest BCUT2D eigenvalue weighted by Gasteiger charge is 2.19. The topological polar surface area (TPSA) is 78.1 Å². The zero-order valence-electron chi connectivity index (χ0n) is 21.7. The molecule has 0 aromatic heterocycles. The standard InChI is InChI=1S/C30H49N3/c1-23(2)26-14-12-25(13-15-26)9-5-6-10-28(11-7-20-30(32,33)21-8-22-31)29-18-16-27(17-19-29)24(3)4/h12-19,23-24,28H,5-11,20-22,31-33H2,1-4H3. The summed E-state index contributed by atoms with van der Waals surface area (Å²) in [6.07, 6.45) is 9.60. The van der Waals surface area contributed by atoms with Crippen LogP contribution in [-0.2, 0) is 6.42 Å². The lowest BCUT2D eigenvalue weighted by Crippen LogP contribution is -2.49. The minimum absolute atomic E-state index is 0.567. The molecule has 0 spiro atoms. The van der Waals surface area contributed by atoms with Crippen molar-refractivity contribution in [3.05, 3.63) is 70.8 Å². The highest BCUT2D eigenvalue weighted by molar-refractivity contribution is 5.27. The summed E-state index contributed by atoms with van der Waals surface area (Å²) in [4.78, 5) is 0. The van der Waals surface area contributed by atoms with Gasteiger partial charge in [0.2, 0.25) is 0 Å². The Kier molecular flexibility index (Phi) is 11.6. The van der Waals surface area contributed by atoms with Gasteiger partial charge < -0.3 is 17.2 Å². The first kappa shape index (κ1) is 27.6. The SMILES string of the molecule is CC(C)c1ccc(CCCCC(CCCC(N)(N)CCCN)c2ccc(C(C)C)cc2)cc1. The fourth-order valence-corrected chi connectivity index (χ4v) is 4.65. The van der Waals surface area contributed by atoms with Gasteiger partial charge in [-0.1, -0.05) is 82.6 Å². The van der Waals surface area contributed by atoms with E-state index in [0.29, 0.717) is 24.3 Å². The van der Waals surface area contributed by atoms with E-state index in [1.54, 1.807) is 0 Å². The summed E-state index contributed by atoms with van der Waals surface area (Å²) >= 11 is 0. The van der Waals surface area contributed by atoms with Gasteiger partial charge in [-0.15, -0.1) is 0 Å². The van der Waals surface area contributed by atoms with Crippen molar-refractivity contribution in [1.29, 1.82) is 0 Å². The summed E-state index contributed by atoms with van der Waals surface area (Å²) in [7, 11) is 0. The predicted molar refractivity (Wildman–Crippen MR) is 145 cm³/mol. The van der Waals surface area contributed by atoms with Crippen LogP contribution in [0.3, 0.4) is 0 Å². The largest absolute Gasteiger partial charge is 0.330 e. The molecule has 2 aromatic carbocycles. The summed E-state index contributed by atoms with van der Waals surface area (Å²) in [5.41, 5.74) is 23.4. The summed E-state index contributed by atoms with van der Waals surface area (Å²) in [6, 6.07) is 18.5. The average Bonchev–Trinajstić information content (AvgIpc) is 2.79. The number of benzene rings is 2. The van der Waals surface area contributed by atoms with Crippen LogP contribution in [0.15, 0.2) is 48.5 Å². The molecule has 0 aliphatic carbocycles. The van der Waals surface area contributed by atoms with Gasteiger partial charge in [0, 0.05) is 0 Å². The van der Waals surface area contributed by atoms with Gasteiger partial charge in [-0.05, 0) is 97.9 Å². The van der Waals surface area contributed by atoms with Crippen LogP contribution in [0.4, 0.5) is 0 Å². The molecule has 3 heteroatoms. The number of nitrogens with two attached hydrogens (primary N) is 3. The molecule has 0 aliphatic rings. The first-order valence-corrected chi connectivity index (χ1v) is 13.2. The van der Waals surface area contributed by atoms with Crippen LogP contribution < -0.4 is 17.2 Å². The molecule has 0 aliphatic heterocycles. The summed E-state index contributed by atoms with van der Waals surface area (Å²) < 4.78 is 0. The Balaban J connectivity index is 1.92. The van der Waals surface area contributed by atoms with Crippen molar-refractivity contribution < 1.29 is 0 Å². The molecule has 0 saturated heterocycles. The highest BCUT2D eigenvalue weighted by atomic mass is 14.9. The van der Waals surface area contributed by atoms with E-state index in [9.17, 15) is 0 Å². The lowest BCUT2D eigenvalue weighted by atomic mass is 9.86. The molecular weight excluding hydrogens is 402 g/mol. The van der Waals surface area contributed by atoms with Gasteiger partial charge in [0.1, 0.15) is 0 Å². The van der Waals surface area contributed by atoms with Crippen LogP contribution in [0.1, 0.15) is 119 Å². The second-order valence-electron chi connectivity index (χ2n) is 10.7. The van der Waals surface area contributed by atoms with Crippen LogP contribution in [-0.4, -0.2) is 12.2 Å². The maximum absolute atomic E-state index is 6.32. The fourth-order valence-electron chi connectivity index (χ4n) is 4.65. The Morgan fingerprint density at radius 2 is 1.12 bits per heavy atom. The monoisotopic (exact) mass is 451 g/mol. The van der Waals surface area contributed by atoms with Crippen LogP contribution in [0.25, 0.3) is 0 Å². The van der Waals surface area contributed by atoms with Crippen molar-refractivity contribution in [3.8, 4) is 0 Å². The third kappa shape index (κ3) is 10.00. The molecule has 0 saturated carbocycles. The molecule has 2 aromatic rings. The van der Waals surface area contributed by atoms with E-state index in [4.69, 9.17) is 17.2 Å². The zero-order valence-corrected chi connectivity index (χ0v) is 21.7. The molecule has 0 amide bonds. The Morgan fingerprint density at radius 3 is 1.67 bits per heavy atom. The van der Waals surface area contributed by atoms with E-state index in [2.05, 4.69) is 76.2 Å². The Morgan fingerprint density at radius 1 is 0.636 bits per heavy atom. The van der Waals surface area contributed by atoms with E-state index < -0.39 is 5.66 Å². The van der Waals surface area contributed by atoms with Gasteiger partial charge in [0.05, 0.1) is 5.66 Å². The molecule has 0 heterocycles. The minimum atomic E-state index is -0.590. The summed E-state index contributed by atoms with van der Waals surface area (Å²) in [5, 5.41) is 0. The van der Waals surface area contributed by atoms with Crippen LogP contribution >= 0.6 is 0 Å². The van der Waals surface area contributed by atoms with Crippen LogP contribution in [0.5, 0.6) is 0 Å². The fraction of sp³-hybridized carbons (Fsp3) is 0.600. The lowest BCUT2D eigenvalue weighted by molar-refractivity contribution is 0.347. The Bertz CT molecular complexity index is 775. The van der Waals surface area contributed by atoms with Gasteiger partial charge in [-0.3, -0.25) is 0 Å². The molecule has 1 unspecified atom stereocenters. The number of hydrogen-bond donors (Lipinski definition) is 3. The maximum atomic E-state index is 6.32. The van der Waals surface area contributed by atoms with Gasteiger partial charge >= 0.3 is 0 Å². The zero-order chi connectivity index (χ0) is 24.3. The van der Waals surface area contributed by atoms with E-state index >= 15 is 0 Å². The average molecular weight is 452 g/mol. The first-order chi connectivity index (χ1) is 15.7. The van der Waals surface area contributed by atoms with Crippen molar-refractivity contribution in [2.45, 2.75) is 109 Å². The molecule has 3 nitrogen and oxygen atoms in total. The molecule has 33 heavy (non-hydrogen) atoms. The van der Waals surface area contributed by atoms with Gasteiger partial charge in [0.15, 0.2) is 0 Å². The van der Waals surface area contributed by atoms with Crippen molar-refractivity contribution in [1.82, 2.24) is 0 Å². The number of rotatable bonds is 15. The normalized spacial score (nSPS) is 13.1. The third-order valence-corrected chi connectivity index (χ3v) is 7.03. The first-order valence-electron chi connectivity index (χ1n) is 13.2. The van der Waals surface area contributed by atoms with Crippen molar-refractivity contribution in [2.75, 3.05) is 6.54 Å². The van der Waals surface area contributed by atoms with Crippen LogP contribution in [0.2, 0.25) is 0 Å². The Labute approximate surface area is 203 Å². The molecule has 2 rings (SSSR count). The molecular formula is C30H49N3. The molecule has 1 atom stereocenters. The maximum Gasteiger partial charge on any atom is 0.0637 e. The highest BCUT2D eigenvalue weighted by Crippen LogP contribution is 2.30. The van der Waals surface area contributed by atoms with E-state index in [1.165, 1.54) is 41.5 Å². The lowest BCUT2D eigenvalue weighted by Gasteiger charge is -2.26. The number of unbranched alkanes of at least 4 members (excludes halogenated alkanes) is 1. The predicted octanol–water partition coefficient (Wildman–Crippen LogP) is 6.95. The second kappa shape index (κ2) is 13.9. The van der Waals surface area contributed by atoms with Crippen molar-refractivity contribution in [3.63, 3.8) is 0 Å². The quantitative estimate of drug-likeness (QED) is 0.202. The molecule has 0 radical (unpaired) electrons. The molecule has 184 valence electrons. The Hall–Kier alpha value is -1.68. The summed E-state index contributed by atoms with van der Waals surface area (Å²) in [6.45, 7) is 9.66. The van der Waals surface area contributed by atoms with Crippen molar-refractivity contribution >= 4 is 0 Å². The van der Waals surface area contributed by atoms with Crippen LogP contribution in [0, 0.1) is 0 Å². The van der Waals surface area contributed by atoms with Gasteiger partial charge in [-0.25, -0.2) is 0 Å². The third-order valence-electron chi connectivity index (χ3n) is 7.03. The minimum Gasteiger partial charge on any atom is -0.330 e. The van der Waals surface area contributed by atoms with E-state index in [0.717, 1.165) is 38.5 Å².